The van der Waals surface area contributed by atoms with Gasteiger partial charge in [-0.15, -0.1) is 0 Å². The molecule has 0 unspecified atom stereocenters. The van der Waals surface area contributed by atoms with Gasteiger partial charge in [-0.2, -0.15) is 9.78 Å². The number of rotatable bonds is 3. The van der Waals surface area contributed by atoms with Crippen molar-refractivity contribution < 1.29 is 9.53 Å². The number of pyridine rings is 2. The van der Waals surface area contributed by atoms with Crippen LogP contribution in [-0.4, -0.2) is 32.3 Å². The molecule has 124 valence electrons. The number of benzene rings is 1. The summed E-state index contributed by atoms with van der Waals surface area (Å²) in [6, 6.07) is 12.9. The molecule has 25 heavy (non-hydrogen) atoms. The molecule has 0 atom stereocenters. The first-order chi connectivity index (χ1) is 12.2. The highest BCUT2D eigenvalue weighted by molar-refractivity contribution is 6.41. The molecular formula is C18H13ClN4O2. The van der Waals surface area contributed by atoms with E-state index in [2.05, 4.69) is 15.1 Å². The summed E-state index contributed by atoms with van der Waals surface area (Å²) < 4.78 is 6.64. The third-order valence-corrected chi connectivity index (χ3v) is 4.18. The van der Waals surface area contributed by atoms with E-state index in [1.54, 1.807) is 25.3 Å². The largest absolute Gasteiger partial charge is 0.461 e. The zero-order chi connectivity index (χ0) is 17.4. The van der Waals surface area contributed by atoms with Crippen molar-refractivity contribution >= 4 is 39.5 Å². The maximum atomic E-state index is 12.4. The first-order valence-electron chi connectivity index (χ1n) is 7.76. The molecule has 0 fully saturated rings. The summed E-state index contributed by atoms with van der Waals surface area (Å²) in [4.78, 5) is 21.3. The van der Waals surface area contributed by atoms with Crippen molar-refractivity contribution in [2.75, 3.05) is 6.61 Å². The number of fused-ring (bicyclic) bond motifs is 2. The fraction of sp³-hybridized carbons (Fsp3) is 0.111. The Kier molecular flexibility index (Phi) is 3.82. The lowest BCUT2D eigenvalue weighted by Gasteiger charge is -2.04. The van der Waals surface area contributed by atoms with Gasteiger partial charge in [0.1, 0.15) is 0 Å². The summed E-state index contributed by atoms with van der Waals surface area (Å²) in [6.07, 6.45) is 1.65. The number of aromatic nitrogens is 4. The highest BCUT2D eigenvalue weighted by Crippen LogP contribution is 2.33. The van der Waals surface area contributed by atoms with Crippen molar-refractivity contribution in [3.05, 3.63) is 59.4 Å². The topological polar surface area (TPSA) is 69.9 Å². The number of hydrogen-bond donors (Lipinski definition) is 0. The van der Waals surface area contributed by atoms with Gasteiger partial charge in [0.2, 0.25) is 0 Å². The van der Waals surface area contributed by atoms with Gasteiger partial charge in [-0.3, -0.25) is 0 Å². The number of carbonyl (C=O) groups is 1. The van der Waals surface area contributed by atoms with Crippen LogP contribution in [-0.2, 0) is 4.74 Å². The summed E-state index contributed by atoms with van der Waals surface area (Å²) in [5, 5.41) is 6.03. The quantitative estimate of drug-likeness (QED) is 0.524. The molecule has 0 spiro atoms. The van der Waals surface area contributed by atoms with Crippen LogP contribution in [0.3, 0.4) is 0 Å². The van der Waals surface area contributed by atoms with Gasteiger partial charge in [-0.05, 0) is 25.1 Å². The van der Waals surface area contributed by atoms with E-state index in [1.807, 2.05) is 30.3 Å². The smallest absolute Gasteiger partial charge is 0.359 e. The number of carbonyl (C=O) groups excluding carboxylic acids is 1. The van der Waals surface area contributed by atoms with E-state index in [-0.39, 0.29) is 12.3 Å². The molecule has 1 aromatic carbocycles. The molecule has 0 saturated heterocycles. The van der Waals surface area contributed by atoms with Crippen molar-refractivity contribution in [2.24, 2.45) is 0 Å². The second kappa shape index (κ2) is 6.14. The van der Waals surface area contributed by atoms with Crippen molar-refractivity contribution in [1.29, 1.82) is 0 Å². The van der Waals surface area contributed by atoms with Crippen LogP contribution in [0, 0.1) is 0 Å². The number of hydrogen-bond acceptors (Lipinski definition) is 5. The third kappa shape index (κ3) is 2.51. The van der Waals surface area contributed by atoms with Crippen LogP contribution in [0.2, 0.25) is 5.02 Å². The van der Waals surface area contributed by atoms with Gasteiger partial charge in [-0.25, -0.2) is 14.8 Å². The second-order valence-electron chi connectivity index (χ2n) is 5.31. The molecule has 6 nitrogen and oxygen atoms in total. The zero-order valence-corrected chi connectivity index (χ0v) is 14.1. The molecule has 4 aromatic rings. The highest BCUT2D eigenvalue weighted by Gasteiger charge is 2.24. The molecule has 0 aliphatic carbocycles. The highest BCUT2D eigenvalue weighted by atomic mass is 35.5. The van der Waals surface area contributed by atoms with Gasteiger partial charge < -0.3 is 4.74 Å². The summed E-state index contributed by atoms with van der Waals surface area (Å²) in [5.41, 5.74) is 1.31. The zero-order valence-electron chi connectivity index (χ0n) is 13.3. The predicted octanol–water partition coefficient (Wildman–Crippen LogP) is 3.80. The van der Waals surface area contributed by atoms with Gasteiger partial charge in [0, 0.05) is 11.6 Å². The summed E-state index contributed by atoms with van der Waals surface area (Å²) in [5.74, 6) is 0.00283. The summed E-state index contributed by atoms with van der Waals surface area (Å²) in [6.45, 7) is 1.99. The van der Waals surface area contributed by atoms with Crippen LogP contribution in [0.5, 0.6) is 0 Å². The average Bonchev–Trinajstić information content (AvgIpc) is 3.03. The van der Waals surface area contributed by atoms with Crippen molar-refractivity contribution in [1.82, 2.24) is 19.7 Å². The van der Waals surface area contributed by atoms with Crippen molar-refractivity contribution in [3.63, 3.8) is 0 Å². The Balaban J connectivity index is 2.11. The van der Waals surface area contributed by atoms with Crippen molar-refractivity contribution in [2.45, 2.75) is 6.92 Å². The summed E-state index contributed by atoms with van der Waals surface area (Å²) in [7, 11) is 0. The minimum atomic E-state index is -0.541. The van der Waals surface area contributed by atoms with E-state index in [0.29, 0.717) is 27.4 Å². The SMILES string of the molecule is CCOC(=O)c1nn(-c2ccccn2)c2nc3ccccc3c(Cl)c12. The maximum Gasteiger partial charge on any atom is 0.359 e. The maximum absolute atomic E-state index is 12.4. The second-order valence-corrected chi connectivity index (χ2v) is 5.69. The predicted molar refractivity (Wildman–Crippen MR) is 95.1 cm³/mol. The minimum absolute atomic E-state index is 0.130. The normalized spacial score (nSPS) is 11.1. The number of ether oxygens (including phenoxy) is 1. The van der Waals surface area contributed by atoms with Crippen LogP contribution >= 0.6 is 11.6 Å². The third-order valence-electron chi connectivity index (χ3n) is 3.78. The number of halogens is 1. The molecule has 0 radical (unpaired) electrons. The van der Waals surface area contributed by atoms with E-state index in [0.717, 1.165) is 5.39 Å². The fourth-order valence-corrected chi connectivity index (χ4v) is 3.03. The Labute approximate surface area is 148 Å². The Bertz CT molecular complexity index is 1090. The molecule has 0 saturated carbocycles. The first kappa shape index (κ1) is 15.5. The number of nitrogens with zero attached hydrogens (tertiary/aromatic N) is 4. The van der Waals surface area contributed by atoms with Gasteiger partial charge in [0.15, 0.2) is 17.2 Å². The molecule has 0 bridgehead atoms. The Morgan fingerprint density at radius 1 is 1.20 bits per heavy atom. The van der Waals surface area contributed by atoms with Crippen LogP contribution in [0.15, 0.2) is 48.7 Å². The lowest BCUT2D eigenvalue weighted by molar-refractivity contribution is 0.0521. The lowest BCUT2D eigenvalue weighted by atomic mass is 10.1. The Morgan fingerprint density at radius 2 is 2.00 bits per heavy atom. The lowest BCUT2D eigenvalue weighted by Crippen LogP contribution is -2.07. The molecule has 7 heteroatoms. The van der Waals surface area contributed by atoms with Crippen molar-refractivity contribution in [3.8, 4) is 5.82 Å². The standard InChI is InChI=1S/C18H13ClN4O2/c1-2-25-18(24)16-14-15(19)11-7-3-4-8-12(11)21-17(14)23(22-16)13-9-5-6-10-20-13/h3-10H,2H2,1H3. The van der Waals surface area contributed by atoms with E-state index in [4.69, 9.17) is 16.3 Å². The van der Waals surface area contributed by atoms with Gasteiger partial charge in [0.05, 0.1) is 22.5 Å². The van der Waals surface area contributed by atoms with E-state index < -0.39 is 5.97 Å². The van der Waals surface area contributed by atoms with E-state index in [9.17, 15) is 4.79 Å². The van der Waals surface area contributed by atoms with Gasteiger partial charge in [0.25, 0.3) is 0 Å². The van der Waals surface area contributed by atoms with E-state index >= 15 is 0 Å². The van der Waals surface area contributed by atoms with Crippen LogP contribution in [0.1, 0.15) is 17.4 Å². The Morgan fingerprint density at radius 3 is 2.76 bits per heavy atom. The molecule has 4 rings (SSSR count). The molecule has 0 amide bonds. The van der Waals surface area contributed by atoms with Gasteiger partial charge >= 0.3 is 5.97 Å². The van der Waals surface area contributed by atoms with Crippen LogP contribution in [0.25, 0.3) is 27.8 Å². The summed E-state index contributed by atoms with van der Waals surface area (Å²) >= 11 is 6.60. The molecule has 0 aliphatic rings. The minimum Gasteiger partial charge on any atom is -0.461 e. The monoisotopic (exact) mass is 352 g/mol. The Hall–Kier alpha value is -2.99. The number of para-hydroxylation sites is 1. The molecular weight excluding hydrogens is 340 g/mol. The van der Waals surface area contributed by atoms with Crippen LogP contribution in [0.4, 0.5) is 0 Å². The van der Waals surface area contributed by atoms with E-state index in [1.165, 1.54) is 4.68 Å². The molecule has 3 heterocycles. The molecule has 3 aromatic heterocycles. The molecule has 0 N–H and O–H groups in total. The van der Waals surface area contributed by atoms with Gasteiger partial charge in [-0.1, -0.05) is 35.9 Å². The fourth-order valence-electron chi connectivity index (χ4n) is 2.70. The molecule has 0 aliphatic heterocycles. The first-order valence-corrected chi connectivity index (χ1v) is 8.14. The average molecular weight is 353 g/mol. The number of esters is 1. The van der Waals surface area contributed by atoms with Crippen LogP contribution < -0.4 is 0 Å².